The summed E-state index contributed by atoms with van der Waals surface area (Å²) in [6.45, 7) is 6.45. The normalized spacial score (nSPS) is 18.7. The van der Waals surface area contributed by atoms with Crippen LogP contribution in [0.2, 0.25) is 0 Å². The van der Waals surface area contributed by atoms with Crippen LogP contribution in [0.5, 0.6) is 0 Å². The van der Waals surface area contributed by atoms with Crippen molar-refractivity contribution in [3.05, 3.63) is 10.6 Å². The summed E-state index contributed by atoms with van der Waals surface area (Å²) in [6.07, 6.45) is 0. The molecule has 3 nitrogen and oxygen atoms in total. The Kier molecular flexibility index (Phi) is 2.26. The molecule has 0 spiro atoms. The highest BCUT2D eigenvalue weighted by Crippen LogP contribution is 2.23. The Morgan fingerprint density at radius 1 is 1.46 bits per heavy atom. The van der Waals surface area contributed by atoms with Crippen LogP contribution in [0.15, 0.2) is 0 Å². The van der Waals surface area contributed by atoms with Crippen LogP contribution in [0.3, 0.4) is 0 Å². The molecule has 1 aliphatic heterocycles. The van der Waals surface area contributed by atoms with Crippen LogP contribution in [0.1, 0.15) is 10.6 Å². The SMILES string of the molecule is Cc1nc(NC2CN(C)C2)sc1C. The summed E-state index contributed by atoms with van der Waals surface area (Å²) in [7, 11) is 2.14. The second kappa shape index (κ2) is 3.27. The van der Waals surface area contributed by atoms with Crippen molar-refractivity contribution in [3.63, 3.8) is 0 Å². The van der Waals surface area contributed by atoms with E-state index in [2.05, 4.69) is 36.1 Å². The van der Waals surface area contributed by atoms with Gasteiger partial charge in [0.2, 0.25) is 0 Å². The van der Waals surface area contributed by atoms with E-state index in [-0.39, 0.29) is 0 Å². The third-order valence-electron chi connectivity index (χ3n) is 2.42. The number of hydrogen-bond acceptors (Lipinski definition) is 4. The summed E-state index contributed by atoms with van der Waals surface area (Å²) in [5.41, 5.74) is 1.15. The Balaban J connectivity index is 1.95. The molecule has 1 aliphatic rings. The Hall–Kier alpha value is -0.610. The van der Waals surface area contributed by atoms with Gasteiger partial charge in [-0.15, -0.1) is 11.3 Å². The molecule has 1 aromatic heterocycles. The zero-order valence-electron chi connectivity index (χ0n) is 8.29. The Bertz CT molecular complexity index is 282. The van der Waals surface area contributed by atoms with Crippen LogP contribution in [0.25, 0.3) is 0 Å². The highest BCUT2D eigenvalue weighted by Gasteiger charge is 2.23. The zero-order chi connectivity index (χ0) is 9.42. The first-order chi connectivity index (χ1) is 6.15. The number of thiazole rings is 1. The van der Waals surface area contributed by atoms with Gasteiger partial charge in [0.1, 0.15) is 0 Å². The predicted octanol–water partition coefficient (Wildman–Crippen LogP) is 1.49. The molecule has 1 fully saturated rings. The fourth-order valence-corrected chi connectivity index (χ4v) is 2.39. The molecule has 0 aliphatic carbocycles. The first-order valence-electron chi connectivity index (χ1n) is 4.54. The minimum absolute atomic E-state index is 0.606. The van der Waals surface area contributed by atoms with E-state index in [4.69, 9.17) is 0 Å². The summed E-state index contributed by atoms with van der Waals surface area (Å²) in [5, 5.41) is 4.51. The maximum Gasteiger partial charge on any atom is 0.183 e. The Labute approximate surface area is 82.8 Å². The molecule has 2 heterocycles. The number of hydrogen-bond donors (Lipinski definition) is 1. The second-order valence-electron chi connectivity index (χ2n) is 3.72. The first kappa shape index (κ1) is 8.97. The molecule has 0 aromatic carbocycles. The molecule has 0 saturated carbocycles. The minimum atomic E-state index is 0.606. The van der Waals surface area contributed by atoms with E-state index in [1.54, 1.807) is 11.3 Å². The molecule has 72 valence electrons. The van der Waals surface area contributed by atoms with Gasteiger partial charge in [0.15, 0.2) is 5.13 Å². The zero-order valence-corrected chi connectivity index (χ0v) is 9.11. The Morgan fingerprint density at radius 3 is 2.62 bits per heavy atom. The molecule has 0 unspecified atom stereocenters. The molecule has 0 radical (unpaired) electrons. The van der Waals surface area contributed by atoms with Gasteiger partial charge >= 0.3 is 0 Å². The van der Waals surface area contributed by atoms with Gasteiger partial charge in [-0.2, -0.15) is 0 Å². The lowest BCUT2D eigenvalue weighted by Crippen LogP contribution is -2.52. The number of likely N-dealkylation sites (tertiary alicyclic amines) is 1. The molecule has 0 bridgehead atoms. The highest BCUT2D eigenvalue weighted by atomic mass is 32.1. The van der Waals surface area contributed by atoms with Crippen molar-refractivity contribution in [3.8, 4) is 0 Å². The van der Waals surface area contributed by atoms with Crippen molar-refractivity contribution < 1.29 is 0 Å². The van der Waals surface area contributed by atoms with Crippen LogP contribution in [0.4, 0.5) is 5.13 Å². The highest BCUT2D eigenvalue weighted by molar-refractivity contribution is 7.15. The van der Waals surface area contributed by atoms with Gasteiger partial charge in [-0.3, -0.25) is 0 Å². The molecule has 2 rings (SSSR count). The number of likely N-dealkylation sites (N-methyl/N-ethyl adjacent to an activating group) is 1. The van der Waals surface area contributed by atoms with Gasteiger partial charge in [0.25, 0.3) is 0 Å². The quantitative estimate of drug-likeness (QED) is 0.778. The van der Waals surface area contributed by atoms with Crippen molar-refractivity contribution in [2.75, 3.05) is 25.5 Å². The number of aryl methyl sites for hydroxylation is 2. The number of rotatable bonds is 2. The summed E-state index contributed by atoms with van der Waals surface area (Å²) < 4.78 is 0. The minimum Gasteiger partial charge on any atom is -0.356 e. The first-order valence-corrected chi connectivity index (χ1v) is 5.36. The van der Waals surface area contributed by atoms with Crippen LogP contribution in [-0.2, 0) is 0 Å². The second-order valence-corrected chi connectivity index (χ2v) is 4.93. The van der Waals surface area contributed by atoms with E-state index >= 15 is 0 Å². The summed E-state index contributed by atoms with van der Waals surface area (Å²) in [5.74, 6) is 0. The van der Waals surface area contributed by atoms with Crippen LogP contribution in [-0.4, -0.2) is 36.1 Å². The van der Waals surface area contributed by atoms with Crippen LogP contribution in [0, 0.1) is 13.8 Å². The number of anilines is 1. The van der Waals surface area contributed by atoms with Crippen molar-refractivity contribution in [1.82, 2.24) is 9.88 Å². The average Bonchev–Trinajstić information content (AvgIpc) is 2.28. The monoisotopic (exact) mass is 197 g/mol. The fourth-order valence-electron chi connectivity index (χ4n) is 1.50. The smallest absolute Gasteiger partial charge is 0.183 e. The van der Waals surface area contributed by atoms with Crippen LogP contribution >= 0.6 is 11.3 Å². The van der Waals surface area contributed by atoms with Crippen LogP contribution < -0.4 is 5.32 Å². The molecular weight excluding hydrogens is 182 g/mol. The van der Waals surface area contributed by atoms with Gasteiger partial charge in [-0.05, 0) is 20.9 Å². The van der Waals surface area contributed by atoms with Crippen molar-refractivity contribution >= 4 is 16.5 Å². The topological polar surface area (TPSA) is 28.2 Å². The van der Waals surface area contributed by atoms with Crippen molar-refractivity contribution in [1.29, 1.82) is 0 Å². The lowest BCUT2D eigenvalue weighted by molar-refractivity contribution is 0.205. The molecular formula is C9H15N3S. The lowest BCUT2D eigenvalue weighted by Gasteiger charge is -2.36. The standard InChI is InChI=1S/C9H15N3S/c1-6-7(2)13-9(10-6)11-8-4-12(3)5-8/h8H,4-5H2,1-3H3,(H,10,11). The summed E-state index contributed by atoms with van der Waals surface area (Å²) in [4.78, 5) is 8.06. The maximum absolute atomic E-state index is 4.45. The van der Waals surface area contributed by atoms with Crippen molar-refractivity contribution in [2.24, 2.45) is 0 Å². The largest absolute Gasteiger partial charge is 0.356 e. The van der Waals surface area contributed by atoms with E-state index in [1.165, 1.54) is 4.88 Å². The van der Waals surface area contributed by atoms with E-state index in [9.17, 15) is 0 Å². The maximum atomic E-state index is 4.45. The lowest BCUT2D eigenvalue weighted by atomic mass is 10.1. The third-order valence-corrected chi connectivity index (χ3v) is 3.42. The molecule has 0 amide bonds. The van der Waals surface area contributed by atoms with Crippen molar-refractivity contribution in [2.45, 2.75) is 19.9 Å². The molecule has 4 heteroatoms. The molecule has 1 N–H and O–H groups in total. The summed E-state index contributed by atoms with van der Waals surface area (Å²) >= 11 is 1.75. The van der Waals surface area contributed by atoms with E-state index < -0.39 is 0 Å². The number of nitrogens with zero attached hydrogens (tertiary/aromatic N) is 2. The van der Waals surface area contributed by atoms with E-state index in [1.807, 2.05) is 0 Å². The molecule has 1 aromatic rings. The molecule has 1 saturated heterocycles. The predicted molar refractivity (Wildman–Crippen MR) is 56.5 cm³/mol. The van der Waals surface area contributed by atoms with Gasteiger partial charge in [-0.25, -0.2) is 4.98 Å². The molecule has 0 atom stereocenters. The Morgan fingerprint density at radius 2 is 2.15 bits per heavy atom. The fraction of sp³-hybridized carbons (Fsp3) is 0.667. The summed E-state index contributed by atoms with van der Waals surface area (Å²) in [6, 6.07) is 0.606. The van der Waals surface area contributed by atoms with Gasteiger partial charge < -0.3 is 10.2 Å². The number of aromatic nitrogens is 1. The average molecular weight is 197 g/mol. The van der Waals surface area contributed by atoms with E-state index in [0.717, 1.165) is 23.9 Å². The van der Waals surface area contributed by atoms with Gasteiger partial charge in [-0.1, -0.05) is 0 Å². The number of nitrogens with one attached hydrogen (secondary N) is 1. The van der Waals surface area contributed by atoms with Gasteiger partial charge in [0.05, 0.1) is 11.7 Å². The molecule has 13 heavy (non-hydrogen) atoms. The third kappa shape index (κ3) is 1.84. The van der Waals surface area contributed by atoms with Gasteiger partial charge in [0, 0.05) is 18.0 Å². The van der Waals surface area contributed by atoms with E-state index in [0.29, 0.717) is 6.04 Å².